The molecule has 0 aliphatic rings. The van der Waals surface area contributed by atoms with E-state index in [1.54, 1.807) is 0 Å². The van der Waals surface area contributed by atoms with Gasteiger partial charge in [-0.15, -0.1) is 0 Å². The van der Waals surface area contributed by atoms with Crippen molar-refractivity contribution < 1.29 is 9.47 Å². The van der Waals surface area contributed by atoms with E-state index in [4.69, 9.17) is 9.47 Å². The Kier molecular flexibility index (Phi) is 9.79. The van der Waals surface area contributed by atoms with Gasteiger partial charge in [0, 0.05) is 31.8 Å². The number of hydrogen-bond donors (Lipinski definition) is 0. The van der Waals surface area contributed by atoms with Gasteiger partial charge in [0.1, 0.15) is 0 Å². The Bertz CT molecular complexity index is 154. The van der Waals surface area contributed by atoms with Crippen molar-refractivity contribution in [1.29, 1.82) is 0 Å². The molecule has 0 radical (unpaired) electrons. The summed E-state index contributed by atoms with van der Waals surface area (Å²) in [4.78, 5) is 2.43. The first kappa shape index (κ1) is 16.9. The van der Waals surface area contributed by atoms with E-state index in [0.717, 1.165) is 52.4 Å². The maximum Gasteiger partial charge on any atom is 0.0593 e. The van der Waals surface area contributed by atoms with Crippen molar-refractivity contribution in [1.82, 2.24) is 4.90 Å². The van der Waals surface area contributed by atoms with Crippen molar-refractivity contribution >= 4 is 0 Å². The summed E-state index contributed by atoms with van der Waals surface area (Å²) < 4.78 is 11.1. The molecule has 0 aromatic heterocycles. The highest BCUT2D eigenvalue weighted by Crippen LogP contribution is 2.12. The highest BCUT2D eigenvalue weighted by atomic mass is 16.5. The van der Waals surface area contributed by atoms with Crippen LogP contribution in [0.3, 0.4) is 0 Å². The fourth-order valence-electron chi connectivity index (χ4n) is 1.62. The quantitative estimate of drug-likeness (QED) is 0.552. The summed E-state index contributed by atoms with van der Waals surface area (Å²) in [5, 5.41) is 0. The summed E-state index contributed by atoms with van der Waals surface area (Å²) in [7, 11) is 0. The summed E-state index contributed by atoms with van der Waals surface area (Å²) in [6.07, 6.45) is 2.18. The van der Waals surface area contributed by atoms with E-state index >= 15 is 0 Å². The zero-order valence-corrected chi connectivity index (χ0v) is 12.4. The van der Waals surface area contributed by atoms with Crippen LogP contribution >= 0.6 is 0 Å². The molecule has 3 nitrogen and oxygen atoms in total. The SMILES string of the molecule is CCCOCCN(CCOCCC)C(C)(C)C. The highest BCUT2D eigenvalue weighted by Gasteiger charge is 2.20. The second kappa shape index (κ2) is 9.86. The molecular weight excluding hydrogens is 214 g/mol. The van der Waals surface area contributed by atoms with Crippen molar-refractivity contribution in [2.45, 2.75) is 53.0 Å². The van der Waals surface area contributed by atoms with Crippen LogP contribution in [0.5, 0.6) is 0 Å². The van der Waals surface area contributed by atoms with Crippen LogP contribution in [0.4, 0.5) is 0 Å². The Hall–Kier alpha value is -0.120. The van der Waals surface area contributed by atoms with Gasteiger partial charge in [0.2, 0.25) is 0 Å². The monoisotopic (exact) mass is 245 g/mol. The zero-order valence-electron chi connectivity index (χ0n) is 12.4. The lowest BCUT2D eigenvalue weighted by Crippen LogP contribution is -2.45. The molecule has 3 heteroatoms. The van der Waals surface area contributed by atoms with Gasteiger partial charge in [0.05, 0.1) is 13.2 Å². The minimum Gasteiger partial charge on any atom is -0.380 e. The van der Waals surface area contributed by atoms with E-state index in [-0.39, 0.29) is 5.54 Å². The Morgan fingerprint density at radius 3 is 1.47 bits per heavy atom. The smallest absolute Gasteiger partial charge is 0.0593 e. The summed E-state index contributed by atoms with van der Waals surface area (Å²) in [5.74, 6) is 0. The molecule has 0 amide bonds. The molecule has 0 unspecified atom stereocenters. The van der Waals surface area contributed by atoms with Crippen LogP contribution in [0, 0.1) is 0 Å². The molecule has 0 aromatic rings. The van der Waals surface area contributed by atoms with E-state index in [0.29, 0.717) is 0 Å². The molecule has 0 atom stereocenters. The van der Waals surface area contributed by atoms with Crippen molar-refractivity contribution in [3.05, 3.63) is 0 Å². The number of nitrogens with zero attached hydrogens (tertiary/aromatic N) is 1. The maximum absolute atomic E-state index is 5.55. The van der Waals surface area contributed by atoms with Crippen molar-refractivity contribution in [2.24, 2.45) is 0 Å². The molecule has 0 saturated carbocycles. The molecule has 0 aliphatic carbocycles. The van der Waals surface area contributed by atoms with E-state index in [1.807, 2.05) is 0 Å². The van der Waals surface area contributed by atoms with E-state index < -0.39 is 0 Å². The van der Waals surface area contributed by atoms with Gasteiger partial charge in [-0.25, -0.2) is 0 Å². The first-order valence-corrected chi connectivity index (χ1v) is 6.92. The Morgan fingerprint density at radius 2 is 1.18 bits per heavy atom. The topological polar surface area (TPSA) is 21.7 Å². The Morgan fingerprint density at radius 1 is 0.765 bits per heavy atom. The fourth-order valence-corrected chi connectivity index (χ4v) is 1.62. The molecule has 0 N–H and O–H groups in total. The van der Waals surface area contributed by atoms with Crippen LogP contribution in [0.25, 0.3) is 0 Å². The minimum atomic E-state index is 0.186. The van der Waals surface area contributed by atoms with Crippen LogP contribution in [0.2, 0.25) is 0 Å². The lowest BCUT2D eigenvalue weighted by atomic mass is 10.1. The molecule has 0 aromatic carbocycles. The van der Waals surface area contributed by atoms with Crippen LogP contribution in [-0.4, -0.2) is 50.0 Å². The average Bonchev–Trinajstić information content (AvgIpc) is 2.25. The number of hydrogen-bond acceptors (Lipinski definition) is 3. The van der Waals surface area contributed by atoms with Gasteiger partial charge in [-0.05, 0) is 33.6 Å². The van der Waals surface area contributed by atoms with Crippen LogP contribution in [0.1, 0.15) is 47.5 Å². The lowest BCUT2D eigenvalue weighted by molar-refractivity contribution is 0.0360. The number of ether oxygens (including phenoxy) is 2. The van der Waals surface area contributed by atoms with Crippen LogP contribution in [0.15, 0.2) is 0 Å². The molecule has 0 spiro atoms. The van der Waals surface area contributed by atoms with Crippen molar-refractivity contribution in [3.63, 3.8) is 0 Å². The van der Waals surface area contributed by atoms with Crippen molar-refractivity contribution in [2.75, 3.05) is 39.5 Å². The second-order valence-electron chi connectivity index (χ2n) is 5.38. The molecule has 17 heavy (non-hydrogen) atoms. The maximum atomic E-state index is 5.55. The van der Waals surface area contributed by atoms with Gasteiger partial charge in [0.15, 0.2) is 0 Å². The van der Waals surface area contributed by atoms with Gasteiger partial charge in [-0.3, -0.25) is 4.90 Å². The predicted molar refractivity (Wildman–Crippen MR) is 73.5 cm³/mol. The molecule has 0 aliphatic heterocycles. The average molecular weight is 245 g/mol. The first-order chi connectivity index (χ1) is 8.02. The number of rotatable bonds is 10. The standard InChI is InChI=1S/C14H31NO2/c1-6-10-16-12-8-15(14(3,4)5)9-13-17-11-7-2/h6-13H2,1-5H3. The highest BCUT2D eigenvalue weighted by molar-refractivity contribution is 4.75. The lowest BCUT2D eigenvalue weighted by Gasteiger charge is -2.35. The van der Waals surface area contributed by atoms with Crippen molar-refractivity contribution in [3.8, 4) is 0 Å². The van der Waals surface area contributed by atoms with E-state index in [2.05, 4.69) is 39.5 Å². The Balaban J connectivity index is 3.81. The van der Waals surface area contributed by atoms with Gasteiger partial charge in [-0.1, -0.05) is 13.8 Å². The zero-order chi connectivity index (χ0) is 13.1. The molecule has 0 rings (SSSR count). The molecule has 0 bridgehead atoms. The fraction of sp³-hybridized carbons (Fsp3) is 1.00. The van der Waals surface area contributed by atoms with Gasteiger partial charge in [0.25, 0.3) is 0 Å². The summed E-state index contributed by atoms with van der Waals surface area (Å²) in [6.45, 7) is 16.3. The molecule has 0 saturated heterocycles. The third-order valence-corrected chi connectivity index (χ3v) is 2.66. The summed E-state index contributed by atoms with van der Waals surface area (Å²) in [5.41, 5.74) is 0.186. The third-order valence-electron chi connectivity index (χ3n) is 2.66. The Labute approximate surface area is 107 Å². The van der Waals surface area contributed by atoms with Crippen LogP contribution < -0.4 is 0 Å². The van der Waals surface area contributed by atoms with Gasteiger partial charge in [-0.2, -0.15) is 0 Å². The molecule has 0 fully saturated rings. The summed E-state index contributed by atoms with van der Waals surface area (Å²) >= 11 is 0. The largest absolute Gasteiger partial charge is 0.380 e. The normalized spacial score (nSPS) is 12.4. The molecular formula is C14H31NO2. The molecule has 104 valence electrons. The van der Waals surface area contributed by atoms with E-state index in [1.165, 1.54) is 0 Å². The molecule has 0 heterocycles. The van der Waals surface area contributed by atoms with Gasteiger partial charge >= 0.3 is 0 Å². The second-order valence-corrected chi connectivity index (χ2v) is 5.38. The van der Waals surface area contributed by atoms with E-state index in [9.17, 15) is 0 Å². The van der Waals surface area contributed by atoms with Gasteiger partial charge < -0.3 is 9.47 Å². The minimum absolute atomic E-state index is 0.186. The predicted octanol–water partition coefficient (Wildman–Crippen LogP) is 2.94. The summed E-state index contributed by atoms with van der Waals surface area (Å²) in [6, 6.07) is 0. The van der Waals surface area contributed by atoms with Crippen LogP contribution in [-0.2, 0) is 9.47 Å². The third kappa shape index (κ3) is 9.57. The first-order valence-electron chi connectivity index (χ1n) is 6.92.